The molecule has 0 saturated carbocycles. The molecule has 0 atom stereocenters. The van der Waals surface area contributed by atoms with Crippen LogP contribution in [0.2, 0.25) is 0 Å². The van der Waals surface area contributed by atoms with Gasteiger partial charge in [0.15, 0.2) is 0 Å². The van der Waals surface area contributed by atoms with Crippen molar-refractivity contribution in [1.82, 2.24) is 10.6 Å². The van der Waals surface area contributed by atoms with Gasteiger partial charge in [0, 0.05) is 23.3 Å². The van der Waals surface area contributed by atoms with Gasteiger partial charge in [0.25, 0.3) is 11.8 Å². The fraction of sp³-hybridized carbons (Fsp3) is 0. The zero-order chi connectivity index (χ0) is 23.4. The molecule has 0 aromatic heterocycles. The van der Waals surface area contributed by atoms with Crippen LogP contribution in [0, 0.1) is 0 Å². The molecule has 2 fully saturated rings. The molecule has 2 saturated heterocycles. The van der Waals surface area contributed by atoms with Crippen molar-refractivity contribution in [3.63, 3.8) is 0 Å². The summed E-state index contributed by atoms with van der Waals surface area (Å²) in [6.45, 7) is 0. The third-order valence-corrected chi connectivity index (χ3v) is 6.21. The predicted molar refractivity (Wildman–Crippen MR) is 132 cm³/mol. The SMILES string of the molecule is O=C1NC(=S)S/C1=C\c1ccc(O)cc1O.O=C1NC(=S)S/C1=C\c1ccc(O)cc1O. The van der Waals surface area contributed by atoms with Crippen molar-refractivity contribution in [2.45, 2.75) is 0 Å². The molecule has 0 spiro atoms. The molecule has 2 aliphatic rings. The minimum absolute atomic E-state index is 0.0290. The number of nitrogens with one attached hydrogen (secondary N) is 2. The molecule has 2 heterocycles. The van der Waals surface area contributed by atoms with Gasteiger partial charge < -0.3 is 31.1 Å². The Morgan fingerprint density at radius 3 is 1.34 bits per heavy atom. The van der Waals surface area contributed by atoms with Crippen LogP contribution in [0.4, 0.5) is 0 Å². The third kappa shape index (κ3) is 6.01. The molecule has 8 nitrogen and oxygen atoms in total. The van der Waals surface area contributed by atoms with E-state index in [0.29, 0.717) is 29.6 Å². The predicted octanol–water partition coefficient (Wildman–Crippen LogP) is 3.17. The molecule has 2 aromatic carbocycles. The number of hydrogen-bond donors (Lipinski definition) is 6. The fourth-order valence-corrected chi connectivity index (χ4v) is 4.50. The summed E-state index contributed by atoms with van der Waals surface area (Å²) in [6.07, 6.45) is 3.04. The number of phenols is 4. The molecule has 164 valence electrons. The molecular formula is C20H14N2O6S4. The van der Waals surface area contributed by atoms with Gasteiger partial charge in [0.05, 0.1) is 9.81 Å². The van der Waals surface area contributed by atoms with E-state index in [1.54, 1.807) is 0 Å². The van der Waals surface area contributed by atoms with Crippen molar-refractivity contribution in [3.05, 3.63) is 57.3 Å². The Bertz CT molecular complexity index is 1120. The molecule has 4 rings (SSSR count). The second-order valence-corrected chi connectivity index (χ2v) is 9.63. The molecule has 2 aliphatic heterocycles. The van der Waals surface area contributed by atoms with Gasteiger partial charge in [-0.15, -0.1) is 0 Å². The first-order chi connectivity index (χ1) is 15.1. The Hall–Kier alpha value is -3.06. The van der Waals surface area contributed by atoms with Crippen LogP contribution >= 0.6 is 48.0 Å². The Kier molecular flexibility index (Phi) is 7.40. The molecule has 12 heteroatoms. The maximum atomic E-state index is 11.3. The highest BCUT2D eigenvalue weighted by Gasteiger charge is 2.23. The van der Waals surface area contributed by atoms with E-state index in [9.17, 15) is 19.8 Å². The summed E-state index contributed by atoms with van der Waals surface area (Å²) in [4.78, 5) is 23.5. The Morgan fingerprint density at radius 1 is 0.688 bits per heavy atom. The first kappa shape index (κ1) is 23.6. The van der Waals surface area contributed by atoms with E-state index < -0.39 is 0 Å². The van der Waals surface area contributed by atoms with Gasteiger partial charge >= 0.3 is 0 Å². The van der Waals surface area contributed by atoms with Crippen LogP contribution in [0.1, 0.15) is 11.1 Å². The van der Waals surface area contributed by atoms with Gasteiger partial charge in [-0.25, -0.2) is 0 Å². The number of thioether (sulfide) groups is 2. The third-order valence-electron chi connectivity index (χ3n) is 3.89. The van der Waals surface area contributed by atoms with Crippen molar-refractivity contribution < 1.29 is 30.0 Å². The molecule has 0 aliphatic carbocycles. The molecule has 2 aromatic rings. The molecule has 0 bridgehead atoms. The summed E-state index contributed by atoms with van der Waals surface area (Å²) in [6, 6.07) is 8.33. The number of hydrogen-bond acceptors (Lipinski definition) is 10. The number of carbonyl (C=O) groups excluding carboxylic acids is 2. The van der Waals surface area contributed by atoms with Gasteiger partial charge in [0.1, 0.15) is 31.6 Å². The van der Waals surface area contributed by atoms with E-state index in [-0.39, 0.29) is 34.8 Å². The lowest BCUT2D eigenvalue weighted by Crippen LogP contribution is -2.17. The maximum absolute atomic E-state index is 11.3. The Labute approximate surface area is 201 Å². The van der Waals surface area contributed by atoms with Gasteiger partial charge in [-0.05, 0) is 36.4 Å². The van der Waals surface area contributed by atoms with E-state index in [2.05, 4.69) is 10.6 Å². The topological polar surface area (TPSA) is 139 Å². The van der Waals surface area contributed by atoms with Crippen molar-refractivity contribution in [2.75, 3.05) is 0 Å². The molecule has 0 radical (unpaired) electrons. The van der Waals surface area contributed by atoms with Crippen LogP contribution in [0.5, 0.6) is 23.0 Å². The number of benzene rings is 2. The molecule has 2 amide bonds. The first-order valence-electron chi connectivity index (χ1n) is 8.66. The van der Waals surface area contributed by atoms with Gasteiger partial charge in [-0.1, -0.05) is 48.0 Å². The highest BCUT2D eigenvalue weighted by molar-refractivity contribution is 8.27. The van der Waals surface area contributed by atoms with Crippen LogP contribution < -0.4 is 10.6 Å². The molecule has 6 N–H and O–H groups in total. The fourth-order valence-electron chi connectivity index (χ4n) is 2.43. The average molecular weight is 507 g/mol. The summed E-state index contributed by atoms with van der Waals surface area (Å²) in [5.74, 6) is -0.778. The van der Waals surface area contributed by atoms with Crippen molar-refractivity contribution >= 4 is 80.6 Å². The number of rotatable bonds is 2. The van der Waals surface area contributed by atoms with E-state index in [1.165, 1.54) is 48.6 Å². The van der Waals surface area contributed by atoms with Gasteiger partial charge in [-0.3, -0.25) is 9.59 Å². The van der Waals surface area contributed by atoms with Crippen LogP contribution in [-0.4, -0.2) is 40.9 Å². The standard InChI is InChI=1S/2C10H7NO3S2/c2*12-6-2-1-5(7(13)4-6)3-8-9(14)11-10(15)16-8/h2*1-4,12-13H,(H,11,14,15)/b2*8-3-. The average Bonchev–Trinajstić information content (AvgIpc) is 3.19. The summed E-state index contributed by atoms with van der Waals surface area (Å²) in [7, 11) is 0. The summed E-state index contributed by atoms with van der Waals surface area (Å²) in [5.41, 5.74) is 0.917. The number of amides is 2. The number of aromatic hydroxyl groups is 4. The monoisotopic (exact) mass is 506 g/mol. The van der Waals surface area contributed by atoms with Crippen molar-refractivity contribution in [3.8, 4) is 23.0 Å². The van der Waals surface area contributed by atoms with E-state index >= 15 is 0 Å². The number of phenolic OH excluding ortho intramolecular Hbond substituents is 4. The van der Waals surface area contributed by atoms with Crippen LogP contribution in [0.3, 0.4) is 0 Å². The lowest BCUT2D eigenvalue weighted by molar-refractivity contribution is -0.116. The normalized spacial score (nSPS) is 17.9. The lowest BCUT2D eigenvalue weighted by atomic mass is 10.2. The second-order valence-electron chi connectivity index (χ2n) is 6.19. The van der Waals surface area contributed by atoms with Gasteiger partial charge in [-0.2, -0.15) is 0 Å². The molecular weight excluding hydrogens is 492 g/mol. The molecule has 0 unspecified atom stereocenters. The summed E-state index contributed by atoms with van der Waals surface area (Å²) in [5, 5.41) is 42.2. The van der Waals surface area contributed by atoms with Gasteiger partial charge in [0.2, 0.25) is 0 Å². The molecule has 32 heavy (non-hydrogen) atoms. The lowest BCUT2D eigenvalue weighted by Gasteiger charge is -2.00. The van der Waals surface area contributed by atoms with Crippen LogP contribution in [0.15, 0.2) is 46.2 Å². The number of thiocarbonyl (C=S) groups is 2. The first-order valence-corrected chi connectivity index (χ1v) is 11.1. The van der Waals surface area contributed by atoms with Crippen LogP contribution in [-0.2, 0) is 9.59 Å². The summed E-state index contributed by atoms with van der Waals surface area (Å²) >= 11 is 11.9. The van der Waals surface area contributed by atoms with Crippen molar-refractivity contribution in [1.29, 1.82) is 0 Å². The minimum Gasteiger partial charge on any atom is -0.508 e. The Balaban J connectivity index is 0.000000181. The largest absolute Gasteiger partial charge is 0.508 e. The maximum Gasteiger partial charge on any atom is 0.263 e. The minimum atomic E-state index is -0.275. The summed E-state index contributed by atoms with van der Waals surface area (Å²) < 4.78 is 0.795. The highest BCUT2D eigenvalue weighted by Crippen LogP contribution is 2.31. The highest BCUT2D eigenvalue weighted by atomic mass is 32.2. The Morgan fingerprint density at radius 2 is 1.06 bits per heavy atom. The second kappa shape index (κ2) is 10.0. The van der Waals surface area contributed by atoms with E-state index in [0.717, 1.165) is 23.5 Å². The quantitative estimate of drug-likeness (QED) is 0.266. The zero-order valence-electron chi connectivity index (χ0n) is 15.9. The van der Waals surface area contributed by atoms with E-state index in [4.69, 9.17) is 34.6 Å². The van der Waals surface area contributed by atoms with Crippen molar-refractivity contribution in [2.24, 2.45) is 0 Å². The zero-order valence-corrected chi connectivity index (χ0v) is 19.1. The van der Waals surface area contributed by atoms with E-state index in [1.807, 2.05) is 0 Å². The smallest absolute Gasteiger partial charge is 0.263 e. The number of carbonyl (C=O) groups is 2. The van der Waals surface area contributed by atoms with Crippen LogP contribution in [0.25, 0.3) is 12.2 Å².